The van der Waals surface area contributed by atoms with Crippen molar-refractivity contribution in [3.05, 3.63) is 115 Å². The molecule has 1 aliphatic carbocycles. The maximum Gasteiger partial charge on any atom is 0.115 e. The van der Waals surface area contributed by atoms with Gasteiger partial charge in [-0.25, -0.2) is 0 Å². The van der Waals surface area contributed by atoms with Gasteiger partial charge in [-0.2, -0.15) is 0 Å². The van der Waals surface area contributed by atoms with E-state index in [0.717, 1.165) is 12.6 Å². The van der Waals surface area contributed by atoms with E-state index >= 15 is 0 Å². The first-order valence-electron chi connectivity index (χ1n) is 13.0. The summed E-state index contributed by atoms with van der Waals surface area (Å²) in [6.45, 7) is 7.78. The molecular weight excluding hydrogens is 459 g/mol. The normalized spacial score (nSPS) is 23.3. The van der Waals surface area contributed by atoms with E-state index in [9.17, 15) is 10.2 Å². The standard InChI is InChI=1S/C33H40O2P/c1-26(20-21-31-30(32(2,3)34)22-24-33(31,4)35)23-25-36(27-14-8-5-9-15-27,28-16-10-6-11-17-28)29-18-12-7-13-19-29/h5-21,23,30-31,34-35H,22,24-25H2,1-4H3/q+1. The molecule has 0 aliphatic heterocycles. The van der Waals surface area contributed by atoms with Gasteiger partial charge in [0.15, 0.2) is 0 Å². The Bertz CT molecular complexity index is 1080. The van der Waals surface area contributed by atoms with Gasteiger partial charge >= 0.3 is 0 Å². The molecule has 2 N–H and O–H groups in total. The summed E-state index contributed by atoms with van der Waals surface area (Å²) in [4.78, 5) is 0. The summed E-state index contributed by atoms with van der Waals surface area (Å²) < 4.78 is 0. The summed E-state index contributed by atoms with van der Waals surface area (Å²) in [7, 11) is -1.92. The lowest BCUT2D eigenvalue weighted by atomic mass is 9.78. The second-order valence-electron chi connectivity index (χ2n) is 11.0. The molecular formula is C33H40O2P+. The molecule has 0 bridgehead atoms. The van der Waals surface area contributed by atoms with Crippen LogP contribution in [0.25, 0.3) is 0 Å². The Morgan fingerprint density at radius 3 is 1.75 bits per heavy atom. The fourth-order valence-electron chi connectivity index (χ4n) is 5.78. The van der Waals surface area contributed by atoms with Crippen LogP contribution in [0.5, 0.6) is 0 Å². The van der Waals surface area contributed by atoms with E-state index < -0.39 is 18.5 Å². The molecule has 2 nitrogen and oxygen atoms in total. The summed E-state index contributed by atoms with van der Waals surface area (Å²) >= 11 is 0. The van der Waals surface area contributed by atoms with Crippen LogP contribution in [0, 0.1) is 11.8 Å². The van der Waals surface area contributed by atoms with Crippen LogP contribution in [0.3, 0.4) is 0 Å². The molecule has 0 radical (unpaired) electrons. The monoisotopic (exact) mass is 499 g/mol. The molecule has 0 amide bonds. The maximum atomic E-state index is 11.0. The van der Waals surface area contributed by atoms with Gasteiger partial charge in [0.05, 0.1) is 17.4 Å². The lowest BCUT2D eigenvalue weighted by Gasteiger charge is -2.33. The van der Waals surface area contributed by atoms with E-state index in [1.165, 1.54) is 21.5 Å². The Morgan fingerprint density at radius 1 is 0.889 bits per heavy atom. The summed E-state index contributed by atoms with van der Waals surface area (Å²) in [5.41, 5.74) is -0.433. The van der Waals surface area contributed by atoms with E-state index in [-0.39, 0.29) is 11.8 Å². The third kappa shape index (κ3) is 5.57. The first kappa shape index (κ1) is 26.6. The van der Waals surface area contributed by atoms with Crippen molar-refractivity contribution < 1.29 is 10.2 Å². The van der Waals surface area contributed by atoms with E-state index in [2.05, 4.69) is 116 Å². The highest BCUT2D eigenvalue weighted by Crippen LogP contribution is 2.55. The van der Waals surface area contributed by atoms with Crippen LogP contribution in [0.4, 0.5) is 0 Å². The van der Waals surface area contributed by atoms with Crippen molar-refractivity contribution in [2.24, 2.45) is 11.8 Å². The predicted octanol–water partition coefficient (Wildman–Crippen LogP) is 6.03. The second kappa shape index (κ2) is 10.9. The number of rotatable bonds is 8. The minimum atomic E-state index is -1.92. The number of aliphatic hydroxyl groups is 2. The number of hydrogen-bond acceptors (Lipinski definition) is 2. The minimum absolute atomic E-state index is 0.0427. The largest absolute Gasteiger partial charge is 0.390 e. The molecule has 0 saturated heterocycles. The van der Waals surface area contributed by atoms with Gasteiger partial charge in [0, 0.05) is 5.92 Å². The highest BCUT2D eigenvalue weighted by Gasteiger charge is 2.48. The Morgan fingerprint density at radius 2 is 1.33 bits per heavy atom. The Balaban J connectivity index is 1.74. The van der Waals surface area contributed by atoms with Gasteiger partial charge in [-0.1, -0.05) is 72.3 Å². The third-order valence-electron chi connectivity index (χ3n) is 7.86. The van der Waals surface area contributed by atoms with Crippen LogP contribution in [0.2, 0.25) is 0 Å². The smallest absolute Gasteiger partial charge is 0.115 e. The van der Waals surface area contributed by atoms with E-state index in [1.807, 2.05) is 20.8 Å². The Kier molecular flexibility index (Phi) is 8.00. The molecule has 4 rings (SSSR count). The Labute approximate surface area is 217 Å². The van der Waals surface area contributed by atoms with Gasteiger partial charge in [0.25, 0.3) is 0 Å². The molecule has 3 aromatic carbocycles. The molecule has 0 heterocycles. The van der Waals surface area contributed by atoms with E-state index in [4.69, 9.17) is 0 Å². The maximum absolute atomic E-state index is 11.0. The average Bonchev–Trinajstić information content (AvgIpc) is 3.19. The zero-order valence-electron chi connectivity index (χ0n) is 22.0. The van der Waals surface area contributed by atoms with Crippen molar-refractivity contribution in [3.8, 4) is 0 Å². The van der Waals surface area contributed by atoms with Gasteiger partial charge in [0.1, 0.15) is 23.2 Å². The van der Waals surface area contributed by atoms with Crippen molar-refractivity contribution in [1.29, 1.82) is 0 Å². The molecule has 1 fully saturated rings. The SMILES string of the molecule is CC(C=CC1C(C(C)(C)O)CCC1(C)O)=CC[P+](c1ccccc1)(c1ccccc1)c1ccccc1. The second-order valence-corrected chi connectivity index (χ2v) is 14.5. The summed E-state index contributed by atoms with van der Waals surface area (Å²) in [6, 6.07) is 32.8. The van der Waals surface area contributed by atoms with Crippen LogP contribution >= 0.6 is 7.26 Å². The van der Waals surface area contributed by atoms with Gasteiger partial charge in [-0.15, -0.1) is 0 Å². The quantitative estimate of drug-likeness (QED) is 0.293. The summed E-state index contributed by atoms with van der Waals surface area (Å²) in [6.07, 6.45) is 9.11. The predicted molar refractivity (Wildman–Crippen MR) is 156 cm³/mol. The zero-order valence-corrected chi connectivity index (χ0v) is 22.9. The number of hydrogen-bond donors (Lipinski definition) is 2. The van der Waals surface area contributed by atoms with Crippen molar-refractivity contribution in [3.63, 3.8) is 0 Å². The molecule has 3 heteroatoms. The van der Waals surface area contributed by atoms with Gasteiger partial charge in [-0.3, -0.25) is 0 Å². The fraction of sp³-hybridized carbons (Fsp3) is 0.333. The molecule has 1 aliphatic rings. The topological polar surface area (TPSA) is 40.5 Å². The van der Waals surface area contributed by atoms with Gasteiger partial charge in [-0.05, 0) is 88.9 Å². The molecule has 0 spiro atoms. The lowest BCUT2D eigenvalue weighted by Crippen LogP contribution is -2.39. The number of allylic oxidation sites excluding steroid dienone is 3. The average molecular weight is 500 g/mol. The summed E-state index contributed by atoms with van der Waals surface area (Å²) in [5, 5.41) is 25.9. The van der Waals surface area contributed by atoms with Crippen LogP contribution in [0.15, 0.2) is 115 Å². The molecule has 188 valence electrons. The first-order chi connectivity index (χ1) is 17.1. The fourth-order valence-corrected chi connectivity index (χ4v) is 9.91. The number of benzene rings is 3. The summed E-state index contributed by atoms with van der Waals surface area (Å²) in [5.74, 6) is -0.0288. The van der Waals surface area contributed by atoms with Crippen LogP contribution < -0.4 is 15.9 Å². The molecule has 3 aromatic rings. The van der Waals surface area contributed by atoms with Crippen LogP contribution in [0.1, 0.15) is 40.5 Å². The first-order valence-corrected chi connectivity index (χ1v) is 15.0. The minimum Gasteiger partial charge on any atom is -0.390 e. The molecule has 3 unspecified atom stereocenters. The third-order valence-corrected chi connectivity index (χ3v) is 12.1. The molecule has 36 heavy (non-hydrogen) atoms. The van der Waals surface area contributed by atoms with Crippen molar-refractivity contribution in [1.82, 2.24) is 0 Å². The molecule has 1 saturated carbocycles. The molecule has 3 atom stereocenters. The van der Waals surface area contributed by atoms with Crippen molar-refractivity contribution >= 4 is 23.2 Å². The van der Waals surface area contributed by atoms with Crippen LogP contribution in [-0.2, 0) is 0 Å². The van der Waals surface area contributed by atoms with Crippen LogP contribution in [-0.4, -0.2) is 27.6 Å². The zero-order chi connectivity index (χ0) is 25.8. The highest BCUT2D eigenvalue weighted by molar-refractivity contribution is 7.95. The van der Waals surface area contributed by atoms with E-state index in [1.54, 1.807) is 0 Å². The lowest BCUT2D eigenvalue weighted by molar-refractivity contribution is -0.0294. The Hall–Kier alpha value is -2.51. The van der Waals surface area contributed by atoms with Crippen molar-refractivity contribution in [2.75, 3.05) is 6.16 Å². The molecule has 0 aromatic heterocycles. The van der Waals surface area contributed by atoms with Gasteiger partial charge < -0.3 is 10.2 Å². The van der Waals surface area contributed by atoms with Gasteiger partial charge in [0.2, 0.25) is 0 Å². The van der Waals surface area contributed by atoms with Crippen molar-refractivity contribution in [2.45, 2.75) is 51.7 Å². The van der Waals surface area contributed by atoms with E-state index in [0.29, 0.717) is 6.42 Å². The highest BCUT2D eigenvalue weighted by atomic mass is 31.2.